The van der Waals surface area contributed by atoms with E-state index in [4.69, 9.17) is 0 Å². The fraction of sp³-hybridized carbons (Fsp3) is 0.0625. The zero-order valence-electron chi connectivity index (χ0n) is 11.8. The van der Waals surface area contributed by atoms with Crippen molar-refractivity contribution < 1.29 is 13.2 Å². The molecule has 3 rings (SSSR count). The number of sulfonamides is 1. The van der Waals surface area contributed by atoms with E-state index in [9.17, 15) is 13.2 Å². The first kappa shape index (κ1) is 14.3. The highest BCUT2D eigenvalue weighted by molar-refractivity contribution is 7.92. The smallest absolute Gasteiger partial charge is 0.261 e. The van der Waals surface area contributed by atoms with Crippen molar-refractivity contribution in [2.24, 2.45) is 0 Å². The summed E-state index contributed by atoms with van der Waals surface area (Å²) in [6.07, 6.45) is 1.79. The third kappa shape index (κ3) is 2.73. The third-order valence-corrected chi connectivity index (χ3v) is 4.74. The summed E-state index contributed by atoms with van der Waals surface area (Å²) in [5.74, 6) is -0.175. The summed E-state index contributed by atoms with van der Waals surface area (Å²) in [4.78, 5) is 14.5. The number of carbonyl (C=O) groups is 1. The van der Waals surface area contributed by atoms with E-state index in [0.29, 0.717) is 11.3 Å². The molecule has 3 aromatic rings. The Morgan fingerprint density at radius 3 is 2.68 bits per heavy atom. The average Bonchev–Trinajstić information content (AvgIpc) is 2.94. The molecule has 0 unspecified atom stereocenters. The van der Waals surface area contributed by atoms with Crippen molar-refractivity contribution in [3.63, 3.8) is 0 Å². The molecule has 2 N–H and O–H groups in total. The topological polar surface area (TPSA) is 79.0 Å². The highest BCUT2D eigenvalue weighted by Crippen LogP contribution is 2.21. The predicted molar refractivity (Wildman–Crippen MR) is 85.6 cm³/mol. The number of anilines is 1. The summed E-state index contributed by atoms with van der Waals surface area (Å²) >= 11 is 0. The maximum absolute atomic E-state index is 12.4. The van der Waals surface area contributed by atoms with Crippen LogP contribution in [0.2, 0.25) is 0 Å². The number of rotatable bonds is 4. The Kier molecular flexibility index (Phi) is 3.46. The fourth-order valence-corrected chi connectivity index (χ4v) is 3.31. The lowest BCUT2D eigenvalue weighted by atomic mass is 10.2. The Morgan fingerprint density at radius 1 is 1.09 bits per heavy atom. The second-order valence-corrected chi connectivity index (χ2v) is 6.65. The van der Waals surface area contributed by atoms with Crippen LogP contribution in [0.3, 0.4) is 0 Å². The minimum atomic E-state index is -3.73. The van der Waals surface area contributed by atoms with Gasteiger partial charge in [0.1, 0.15) is 0 Å². The third-order valence-electron chi connectivity index (χ3n) is 3.36. The van der Waals surface area contributed by atoms with Gasteiger partial charge in [-0.25, -0.2) is 8.42 Å². The van der Waals surface area contributed by atoms with Crippen LogP contribution >= 0.6 is 0 Å². The van der Waals surface area contributed by atoms with Crippen molar-refractivity contribution >= 4 is 32.4 Å². The van der Waals surface area contributed by atoms with Gasteiger partial charge >= 0.3 is 0 Å². The molecule has 0 amide bonds. The van der Waals surface area contributed by atoms with Gasteiger partial charge in [0, 0.05) is 28.4 Å². The zero-order valence-corrected chi connectivity index (χ0v) is 12.6. The average molecular weight is 314 g/mol. The molecule has 0 spiro atoms. The van der Waals surface area contributed by atoms with Crippen LogP contribution in [0.5, 0.6) is 0 Å². The Balaban J connectivity index is 1.95. The normalized spacial score (nSPS) is 11.5. The quantitative estimate of drug-likeness (QED) is 0.726. The molecule has 0 atom stereocenters. The molecule has 22 heavy (non-hydrogen) atoms. The van der Waals surface area contributed by atoms with Crippen LogP contribution in [-0.4, -0.2) is 19.2 Å². The number of aromatic amines is 1. The van der Waals surface area contributed by atoms with Gasteiger partial charge in [0.15, 0.2) is 5.78 Å². The van der Waals surface area contributed by atoms with Crippen LogP contribution in [0.1, 0.15) is 17.3 Å². The number of fused-ring (bicyclic) bond motifs is 1. The van der Waals surface area contributed by atoms with Crippen molar-refractivity contribution in [1.82, 2.24) is 4.98 Å². The summed E-state index contributed by atoms with van der Waals surface area (Å²) in [6.45, 7) is 1.40. The molecular formula is C16H14N2O3S. The van der Waals surface area contributed by atoms with Gasteiger partial charge in [-0.1, -0.05) is 12.1 Å². The van der Waals surface area contributed by atoms with Gasteiger partial charge in [-0.2, -0.15) is 0 Å². The molecule has 0 fully saturated rings. The van der Waals surface area contributed by atoms with E-state index in [-0.39, 0.29) is 10.7 Å². The van der Waals surface area contributed by atoms with Gasteiger partial charge in [-0.15, -0.1) is 0 Å². The Labute approximate surface area is 128 Å². The number of aromatic nitrogens is 1. The molecule has 6 heteroatoms. The van der Waals surface area contributed by atoms with E-state index in [2.05, 4.69) is 9.71 Å². The molecular weight excluding hydrogens is 300 g/mol. The maximum atomic E-state index is 12.4. The Hall–Kier alpha value is -2.60. The van der Waals surface area contributed by atoms with Crippen LogP contribution in [0, 0.1) is 0 Å². The lowest BCUT2D eigenvalue weighted by Crippen LogP contribution is -2.13. The summed E-state index contributed by atoms with van der Waals surface area (Å²) in [7, 11) is -3.73. The molecule has 2 aromatic carbocycles. The van der Waals surface area contributed by atoms with Crippen LogP contribution < -0.4 is 4.72 Å². The molecule has 0 bridgehead atoms. The highest BCUT2D eigenvalue weighted by Gasteiger charge is 2.15. The van der Waals surface area contributed by atoms with Gasteiger partial charge in [0.2, 0.25) is 0 Å². The van der Waals surface area contributed by atoms with Gasteiger partial charge in [0.05, 0.1) is 4.90 Å². The number of carbonyl (C=O) groups excluding carboxylic acids is 1. The van der Waals surface area contributed by atoms with Crippen molar-refractivity contribution in [3.8, 4) is 0 Å². The van der Waals surface area contributed by atoms with Crippen molar-refractivity contribution in [2.75, 3.05) is 4.72 Å². The first-order chi connectivity index (χ1) is 10.5. The standard InChI is InChI=1S/C16H14N2O3S/c1-11(19)12-3-2-4-15(10-12)22(20,21)18-14-5-6-16-13(9-14)7-8-17-16/h2-10,17-18H,1H3. The number of nitrogens with one attached hydrogen (secondary N) is 2. The van der Waals surface area contributed by atoms with Crippen molar-refractivity contribution in [3.05, 3.63) is 60.3 Å². The van der Waals surface area contributed by atoms with Gasteiger partial charge in [-0.3, -0.25) is 9.52 Å². The number of H-pyrrole nitrogens is 1. The van der Waals surface area contributed by atoms with Crippen LogP contribution in [0.25, 0.3) is 10.9 Å². The first-order valence-corrected chi connectivity index (χ1v) is 8.15. The molecule has 0 saturated heterocycles. The molecule has 0 saturated carbocycles. The second kappa shape index (κ2) is 5.31. The minimum absolute atomic E-state index is 0.0642. The predicted octanol–water partition coefficient (Wildman–Crippen LogP) is 3.17. The summed E-state index contributed by atoms with van der Waals surface area (Å²) in [5.41, 5.74) is 1.77. The number of hydrogen-bond donors (Lipinski definition) is 2. The number of hydrogen-bond acceptors (Lipinski definition) is 3. The fourth-order valence-electron chi connectivity index (χ4n) is 2.21. The van der Waals surface area contributed by atoms with Crippen LogP contribution in [0.15, 0.2) is 59.6 Å². The summed E-state index contributed by atoms with van der Waals surface area (Å²) in [5, 5.41) is 0.915. The van der Waals surface area contributed by atoms with E-state index in [1.54, 1.807) is 36.5 Å². The highest BCUT2D eigenvalue weighted by atomic mass is 32.2. The molecule has 1 heterocycles. The van der Waals surface area contributed by atoms with Gasteiger partial charge < -0.3 is 4.98 Å². The number of ketones is 1. The lowest BCUT2D eigenvalue weighted by Gasteiger charge is -2.09. The van der Waals surface area contributed by atoms with Gasteiger partial charge in [0.25, 0.3) is 10.0 Å². The first-order valence-electron chi connectivity index (χ1n) is 6.67. The largest absolute Gasteiger partial charge is 0.361 e. The maximum Gasteiger partial charge on any atom is 0.261 e. The number of benzene rings is 2. The van der Waals surface area contributed by atoms with E-state index in [1.165, 1.54) is 19.1 Å². The summed E-state index contributed by atoms with van der Waals surface area (Å²) < 4.78 is 27.4. The van der Waals surface area contributed by atoms with Gasteiger partial charge in [-0.05, 0) is 43.3 Å². The zero-order chi connectivity index (χ0) is 15.7. The van der Waals surface area contributed by atoms with Crippen LogP contribution in [-0.2, 0) is 10.0 Å². The molecule has 0 aliphatic carbocycles. The SMILES string of the molecule is CC(=O)c1cccc(S(=O)(=O)Nc2ccc3[nH]ccc3c2)c1. The van der Waals surface area contributed by atoms with E-state index >= 15 is 0 Å². The number of Topliss-reactive ketones (excluding diaryl/α,β-unsaturated/α-hetero) is 1. The monoisotopic (exact) mass is 314 g/mol. The Morgan fingerprint density at radius 2 is 1.91 bits per heavy atom. The Bertz CT molecular complexity index is 958. The van der Waals surface area contributed by atoms with E-state index < -0.39 is 10.0 Å². The molecule has 0 radical (unpaired) electrons. The van der Waals surface area contributed by atoms with Crippen LogP contribution in [0.4, 0.5) is 5.69 Å². The molecule has 0 aliphatic heterocycles. The molecule has 112 valence electrons. The minimum Gasteiger partial charge on any atom is -0.361 e. The molecule has 1 aromatic heterocycles. The van der Waals surface area contributed by atoms with E-state index in [1.807, 2.05) is 6.07 Å². The van der Waals surface area contributed by atoms with E-state index in [0.717, 1.165) is 10.9 Å². The molecule has 5 nitrogen and oxygen atoms in total. The van der Waals surface area contributed by atoms with Crippen molar-refractivity contribution in [1.29, 1.82) is 0 Å². The molecule has 0 aliphatic rings. The second-order valence-electron chi connectivity index (χ2n) is 4.97. The lowest BCUT2D eigenvalue weighted by molar-refractivity contribution is 0.101. The van der Waals surface area contributed by atoms with Crippen molar-refractivity contribution in [2.45, 2.75) is 11.8 Å². The summed E-state index contributed by atoms with van der Waals surface area (Å²) in [6, 6.07) is 13.1.